The Hall–Kier alpha value is -1.10. The van der Waals surface area contributed by atoms with E-state index in [0.717, 1.165) is 77.0 Å². The Balaban J connectivity index is 2.07. The van der Waals surface area contributed by atoms with Gasteiger partial charge in [-0.15, -0.1) is 0 Å². The van der Waals surface area contributed by atoms with E-state index < -0.39 is 60.4 Å². The highest BCUT2D eigenvalue weighted by atomic mass is 16.5. The number of hydrogen-bond acceptors (Lipinski definition) is 8. The van der Waals surface area contributed by atoms with Gasteiger partial charge in [0.1, 0.15) is 24.2 Å². The van der Waals surface area contributed by atoms with Crippen molar-refractivity contribution in [2.45, 2.75) is 198 Å². The first-order valence-electron chi connectivity index (χ1n) is 17.4. The number of carbonyl (C=O) groups is 2. The van der Waals surface area contributed by atoms with Gasteiger partial charge in [-0.1, -0.05) is 122 Å². The average Bonchev–Trinajstić information content (AvgIpc) is 2.96. The molecule has 43 heavy (non-hydrogen) atoms. The Morgan fingerprint density at radius 1 is 0.651 bits per heavy atom. The van der Waals surface area contributed by atoms with Crippen molar-refractivity contribution in [2.75, 3.05) is 0 Å². The largest absolute Gasteiger partial charge is 0.481 e. The van der Waals surface area contributed by atoms with E-state index >= 15 is 0 Å². The quantitative estimate of drug-likeness (QED) is 0.0520. The third kappa shape index (κ3) is 17.2. The lowest BCUT2D eigenvalue weighted by Gasteiger charge is -2.39. The van der Waals surface area contributed by atoms with Gasteiger partial charge in [0.25, 0.3) is 0 Å². The van der Waals surface area contributed by atoms with Crippen molar-refractivity contribution >= 4 is 11.8 Å². The van der Waals surface area contributed by atoms with E-state index in [0.29, 0.717) is 25.7 Å². The monoisotopic (exact) mass is 616 g/mol. The van der Waals surface area contributed by atoms with Crippen LogP contribution >= 0.6 is 0 Å². The minimum Gasteiger partial charge on any atom is -0.481 e. The van der Waals surface area contributed by atoms with Gasteiger partial charge in [0.2, 0.25) is 0 Å². The molecule has 0 aromatic carbocycles. The first-order chi connectivity index (χ1) is 20.6. The zero-order valence-corrected chi connectivity index (χ0v) is 27.1. The first kappa shape index (κ1) is 39.9. The summed E-state index contributed by atoms with van der Waals surface area (Å²) in [4.78, 5) is 24.3. The maximum Gasteiger partial charge on any atom is 0.316 e. The van der Waals surface area contributed by atoms with Gasteiger partial charge in [-0.2, -0.15) is 0 Å². The molecule has 0 saturated carbocycles. The summed E-state index contributed by atoms with van der Waals surface area (Å²) < 4.78 is 5.64. The lowest BCUT2D eigenvalue weighted by molar-refractivity contribution is -0.218. The van der Waals surface area contributed by atoms with Gasteiger partial charge in [-0.25, -0.2) is 0 Å². The fourth-order valence-electron chi connectivity index (χ4n) is 6.15. The van der Waals surface area contributed by atoms with Gasteiger partial charge in [0.15, 0.2) is 5.78 Å². The summed E-state index contributed by atoms with van der Waals surface area (Å²) in [7, 11) is 0. The molecule has 0 spiro atoms. The van der Waals surface area contributed by atoms with Crippen LogP contribution < -0.4 is 0 Å². The van der Waals surface area contributed by atoms with Crippen molar-refractivity contribution in [3.63, 3.8) is 0 Å². The molecule has 0 aliphatic carbocycles. The second kappa shape index (κ2) is 24.2. The van der Waals surface area contributed by atoms with E-state index in [2.05, 4.69) is 6.92 Å². The highest BCUT2D eigenvalue weighted by molar-refractivity contribution is 5.99. The zero-order valence-electron chi connectivity index (χ0n) is 27.1. The minimum absolute atomic E-state index is 0.229. The van der Waals surface area contributed by atoms with E-state index in [1.807, 2.05) is 0 Å². The molecule has 1 rings (SSSR count). The molecule has 1 aliphatic heterocycles. The fourth-order valence-corrected chi connectivity index (χ4v) is 6.15. The van der Waals surface area contributed by atoms with Crippen molar-refractivity contribution < 1.29 is 45.0 Å². The van der Waals surface area contributed by atoms with Crippen molar-refractivity contribution in [3.05, 3.63) is 0 Å². The predicted molar refractivity (Wildman–Crippen MR) is 168 cm³/mol. The molecular formula is C34H64O9. The minimum atomic E-state index is -1.47. The SMILES string of the molecule is CCCCCCCCCCCC(O)C(C(=O)O)C(=O)CC(O)CCCCCCCCCCC[C@@H]1O[C@@H](C)[C@H](O)[C@@H](O)[C@H]1O. The Kier molecular flexibility index (Phi) is 22.4. The van der Waals surface area contributed by atoms with Gasteiger partial charge in [0.05, 0.1) is 24.4 Å². The lowest BCUT2D eigenvalue weighted by Crippen LogP contribution is -2.56. The number of rotatable bonds is 27. The lowest BCUT2D eigenvalue weighted by atomic mass is 9.89. The molecule has 0 aromatic heterocycles. The molecule has 3 unspecified atom stereocenters. The summed E-state index contributed by atoms with van der Waals surface area (Å²) >= 11 is 0. The maximum atomic E-state index is 12.6. The number of ether oxygens (including phenoxy) is 1. The third-order valence-corrected chi connectivity index (χ3v) is 9.02. The topological polar surface area (TPSA) is 165 Å². The molecule has 1 fully saturated rings. The van der Waals surface area contributed by atoms with E-state index in [4.69, 9.17) is 4.74 Å². The van der Waals surface area contributed by atoms with Crippen molar-refractivity contribution in [1.82, 2.24) is 0 Å². The van der Waals surface area contributed by atoms with E-state index in [1.165, 1.54) is 32.1 Å². The number of unbranched alkanes of at least 4 members (excludes halogenated alkanes) is 16. The number of aliphatic hydroxyl groups is 5. The second-order valence-electron chi connectivity index (χ2n) is 12.9. The van der Waals surface area contributed by atoms with Crippen LogP contribution in [0.5, 0.6) is 0 Å². The Morgan fingerprint density at radius 2 is 1.12 bits per heavy atom. The van der Waals surface area contributed by atoms with E-state index in [-0.39, 0.29) is 6.42 Å². The van der Waals surface area contributed by atoms with Gasteiger partial charge in [-0.05, 0) is 26.2 Å². The van der Waals surface area contributed by atoms with Gasteiger partial charge in [0, 0.05) is 6.42 Å². The number of hydrogen-bond donors (Lipinski definition) is 6. The van der Waals surface area contributed by atoms with Crippen LogP contribution in [-0.2, 0) is 14.3 Å². The van der Waals surface area contributed by atoms with Crippen molar-refractivity contribution in [1.29, 1.82) is 0 Å². The van der Waals surface area contributed by atoms with Crippen molar-refractivity contribution in [2.24, 2.45) is 5.92 Å². The molecule has 8 atom stereocenters. The molecule has 0 radical (unpaired) electrons. The number of aliphatic carboxylic acids is 1. The number of carboxylic acids is 1. The van der Waals surface area contributed by atoms with Crippen LogP contribution in [0.1, 0.15) is 155 Å². The van der Waals surface area contributed by atoms with E-state index in [9.17, 15) is 40.2 Å². The number of aliphatic hydroxyl groups excluding tert-OH is 5. The van der Waals surface area contributed by atoms with Gasteiger partial charge < -0.3 is 35.4 Å². The van der Waals surface area contributed by atoms with Crippen LogP contribution in [-0.4, -0.2) is 85.1 Å². The predicted octanol–water partition coefficient (Wildman–Crippen LogP) is 5.45. The van der Waals surface area contributed by atoms with Gasteiger partial charge >= 0.3 is 5.97 Å². The fraction of sp³-hybridized carbons (Fsp3) is 0.941. The van der Waals surface area contributed by atoms with Crippen LogP contribution in [0.4, 0.5) is 0 Å². The van der Waals surface area contributed by atoms with Crippen LogP contribution in [0.15, 0.2) is 0 Å². The molecule has 1 heterocycles. The third-order valence-electron chi connectivity index (χ3n) is 9.02. The standard InChI is InChI=1S/C34H64O9/c1-3-4-5-6-7-9-13-16-19-22-27(36)30(34(41)42)28(37)24-26(35)21-18-15-12-10-8-11-14-17-20-23-29-32(39)33(40)31(38)25(2)43-29/h25-27,29-33,35-36,38-40H,3-24H2,1-2H3,(H,41,42)/t25-,26?,27?,29-,30?,31-,32-,33+/m0/s1. The first-order valence-corrected chi connectivity index (χ1v) is 17.4. The molecule has 6 N–H and O–H groups in total. The highest BCUT2D eigenvalue weighted by Gasteiger charge is 2.41. The Labute approximate surface area is 260 Å². The molecule has 0 aromatic rings. The van der Waals surface area contributed by atoms with Crippen LogP contribution in [0.3, 0.4) is 0 Å². The summed E-state index contributed by atoms with van der Waals surface area (Å²) in [5.41, 5.74) is 0. The van der Waals surface area contributed by atoms with Crippen LogP contribution in [0.2, 0.25) is 0 Å². The Bertz CT molecular complexity index is 718. The summed E-state index contributed by atoms with van der Waals surface area (Å²) in [5.74, 6) is -3.36. The molecule has 9 heteroatoms. The molecule has 9 nitrogen and oxygen atoms in total. The summed E-state index contributed by atoms with van der Waals surface area (Å²) in [5, 5.41) is 60.0. The number of carbonyl (C=O) groups excluding carboxylic acids is 1. The summed E-state index contributed by atoms with van der Waals surface area (Å²) in [6.07, 6.45) is 14.0. The highest BCUT2D eigenvalue weighted by Crippen LogP contribution is 2.25. The molecule has 1 aliphatic rings. The normalized spacial score (nSPS) is 24.5. The van der Waals surface area contributed by atoms with E-state index in [1.54, 1.807) is 6.92 Å². The van der Waals surface area contributed by atoms with Crippen LogP contribution in [0, 0.1) is 5.92 Å². The van der Waals surface area contributed by atoms with Crippen LogP contribution in [0.25, 0.3) is 0 Å². The number of ketones is 1. The number of carboxylic acid groups (broad SMARTS) is 1. The second-order valence-corrected chi connectivity index (χ2v) is 12.9. The van der Waals surface area contributed by atoms with Gasteiger partial charge in [-0.3, -0.25) is 9.59 Å². The molecule has 0 bridgehead atoms. The molecule has 0 amide bonds. The smallest absolute Gasteiger partial charge is 0.316 e. The zero-order chi connectivity index (χ0) is 32.0. The summed E-state index contributed by atoms with van der Waals surface area (Å²) in [6, 6.07) is 0. The molecular weight excluding hydrogens is 552 g/mol. The molecule has 1 saturated heterocycles. The summed E-state index contributed by atoms with van der Waals surface area (Å²) in [6.45, 7) is 3.90. The molecule has 254 valence electrons. The van der Waals surface area contributed by atoms with Crippen molar-refractivity contribution in [3.8, 4) is 0 Å². The Morgan fingerprint density at radius 3 is 1.63 bits per heavy atom. The maximum absolute atomic E-state index is 12.6. The average molecular weight is 617 g/mol. The number of Topliss-reactive ketones (excluding diaryl/α,β-unsaturated/α-hetero) is 1.